The molecular weight excluding hydrogens is 234 g/mol. The fraction of sp³-hybridized carbons (Fsp3) is 1.00. The van der Waals surface area contributed by atoms with Gasteiger partial charge in [-0.05, 0) is 37.5 Å². The van der Waals surface area contributed by atoms with Crippen molar-refractivity contribution in [2.75, 3.05) is 12.3 Å². The van der Waals surface area contributed by atoms with Gasteiger partial charge in [0.2, 0.25) is 0 Å². The predicted octanol–water partition coefficient (Wildman–Crippen LogP) is 1.98. The monoisotopic (exact) mass is 259 g/mol. The molecule has 2 aliphatic rings. The van der Waals surface area contributed by atoms with Crippen molar-refractivity contribution in [1.82, 2.24) is 5.32 Å². The van der Waals surface area contributed by atoms with Crippen molar-refractivity contribution in [3.05, 3.63) is 0 Å². The Labute approximate surface area is 105 Å². The summed E-state index contributed by atoms with van der Waals surface area (Å²) < 4.78 is 23.5. The Balaban J connectivity index is 1.85. The second kappa shape index (κ2) is 5.27. The number of hydrogen-bond donors (Lipinski definition) is 1. The second-order valence-corrected chi connectivity index (χ2v) is 8.44. The quantitative estimate of drug-likeness (QED) is 0.843. The van der Waals surface area contributed by atoms with Crippen LogP contribution in [0.5, 0.6) is 0 Å². The Morgan fingerprint density at radius 1 is 1.18 bits per heavy atom. The van der Waals surface area contributed by atoms with Gasteiger partial charge in [-0.1, -0.05) is 20.3 Å². The van der Waals surface area contributed by atoms with Crippen LogP contribution in [0.3, 0.4) is 0 Å². The molecular formula is C13H25NO2S. The highest BCUT2D eigenvalue weighted by atomic mass is 32.2. The second-order valence-electron chi connectivity index (χ2n) is 6.04. The molecule has 4 atom stereocenters. The molecule has 0 aromatic carbocycles. The number of nitrogens with one attached hydrogen (secondary N) is 1. The third-order valence-electron chi connectivity index (χ3n) is 4.53. The van der Waals surface area contributed by atoms with Gasteiger partial charge in [0.05, 0.1) is 11.0 Å². The summed E-state index contributed by atoms with van der Waals surface area (Å²) in [6, 6.07) is 0.523. The van der Waals surface area contributed by atoms with Crippen LogP contribution in [0.1, 0.15) is 46.0 Å². The summed E-state index contributed by atoms with van der Waals surface area (Å²) in [6.07, 6.45) is 5.50. The van der Waals surface area contributed by atoms with E-state index in [1.807, 2.05) is 0 Å². The summed E-state index contributed by atoms with van der Waals surface area (Å²) >= 11 is 0. The first-order chi connectivity index (χ1) is 7.99. The van der Waals surface area contributed by atoms with E-state index in [0.717, 1.165) is 18.8 Å². The van der Waals surface area contributed by atoms with Gasteiger partial charge in [-0.15, -0.1) is 0 Å². The van der Waals surface area contributed by atoms with Crippen LogP contribution in [-0.4, -0.2) is 32.0 Å². The van der Waals surface area contributed by atoms with Gasteiger partial charge in [0, 0.05) is 12.6 Å². The molecule has 1 N–H and O–H groups in total. The molecule has 1 aliphatic carbocycles. The largest absolute Gasteiger partial charge is 0.312 e. The van der Waals surface area contributed by atoms with Crippen molar-refractivity contribution in [3.63, 3.8) is 0 Å². The van der Waals surface area contributed by atoms with Gasteiger partial charge in [-0.3, -0.25) is 0 Å². The minimum atomic E-state index is -2.78. The highest BCUT2D eigenvalue weighted by molar-refractivity contribution is 7.92. The molecule has 3 nitrogen and oxygen atoms in total. The van der Waals surface area contributed by atoms with Crippen LogP contribution in [0.15, 0.2) is 0 Å². The van der Waals surface area contributed by atoms with Crippen LogP contribution in [0, 0.1) is 11.8 Å². The van der Waals surface area contributed by atoms with Crippen LogP contribution in [0.2, 0.25) is 0 Å². The van der Waals surface area contributed by atoms with Gasteiger partial charge >= 0.3 is 0 Å². The molecule has 2 fully saturated rings. The van der Waals surface area contributed by atoms with Crippen molar-refractivity contribution in [2.45, 2.75) is 57.2 Å². The predicted molar refractivity (Wildman–Crippen MR) is 70.8 cm³/mol. The molecule has 1 saturated heterocycles. The van der Waals surface area contributed by atoms with E-state index in [1.54, 1.807) is 0 Å². The van der Waals surface area contributed by atoms with Crippen LogP contribution in [-0.2, 0) is 9.84 Å². The highest BCUT2D eigenvalue weighted by Gasteiger charge is 2.32. The molecule has 17 heavy (non-hydrogen) atoms. The molecule has 4 heteroatoms. The van der Waals surface area contributed by atoms with E-state index in [4.69, 9.17) is 0 Å². The van der Waals surface area contributed by atoms with E-state index in [2.05, 4.69) is 19.2 Å². The molecule has 0 aromatic rings. The lowest BCUT2D eigenvalue weighted by molar-refractivity contribution is 0.229. The number of rotatable bonds is 3. The molecule has 0 aromatic heterocycles. The molecule has 100 valence electrons. The Morgan fingerprint density at radius 3 is 2.59 bits per heavy atom. The summed E-state index contributed by atoms with van der Waals surface area (Å²) in [7, 11) is -2.78. The summed E-state index contributed by atoms with van der Waals surface area (Å²) in [4.78, 5) is 0. The summed E-state index contributed by atoms with van der Waals surface area (Å²) in [5, 5.41) is 3.40. The van der Waals surface area contributed by atoms with Crippen LogP contribution < -0.4 is 5.32 Å². The lowest BCUT2D eigenvalue weighted by Crippen LogP contribution is -2.43. The Bertz CT molecular complexity index is 352. The van der Waals surface area contributed by atoms with Crippen molar-refractivity contribution < 1.29 is 8.42 Å². The smallest absolute Gasteiger partial charge is 0.154 e. The zero-order valence-electron chi connectivity index (χ0n) is 11.0. The molecule has 1 saturated carbocycles. The van der Waals surface area contributed by atoms with E-state index < -0.39 is 9.84 Å². The van der Waals surface area contributed by atoms with Gasteiger partial charge in [-0.25, -0.2) is 8.42 Å². The van der Waals surface area contributed by atoms with Crippen molar-refractivity contribution in [3.8, 4) is 0 Å². The van der Waals surface area contributed by atoms with E-state index in [-0.39, 0.29) is 5.25 Å². The van der Waals surface area contributed by atoms with Crippen molar-refractivity contribution in [1.29, 1.82) is 0 Å². The van der Waals surface area contributed by atoms with E-state index >= 15 is 0 Å². The Hall–Kier alpha value is -0.0900. The topological polar surface area (TPSA) is 46.2 Å². The van der Waals surface area contributed by atoms with Crippen LogP contribution in [0.4, 0.5) is 0 Å². The fourth-order valence-corrected chi connectivity index (χ4v) is 4.97. The van der Waals surface area contributed by atoms with E-state index in [0.29, 0.717) is 24.3 Å². The first-order valence-electron chi connectivity index (χ1n) is 6.94. The average Bonchev–Trinajstić information content (AvgIpc) is 2.59. The maximum Gasteiger partial charge on any atom is 0.154 e. The summed E-state index contributed by atoms with van der Waals surface area (Å²) in [6.45, 7) is 5.25. The van der Waals surface area contributed by atoms with Gasteiger partial charge in [0.15, 0.2) is 9.84 Å². The minimum absolute atomic E-state index is 0.119. The van der Waals surface area contributed by atoms with Gasteiger partial charge in [0.1, 0.15) is 0 Å². The molecule has 4 unspecified atom stereocenters. The fourth-order valence-electron chi connectivity index (χ4n) is 3.19. The maximum atomic E-state index is 11.7. The summed E-state index contributed by atoms with van der Waals surface area (Å²) in [5.74, 6) is 1.87. The first-order valence-corrected chi connectivity index (χ1v) is 8.65. The molecule has 0 bridgehead atoms. The van der Waals surface area contributed by atoms with Crippen molar-refractivity contribution in [2.24, 2.45) is 11.8 Å². The highest BCUT2D eigenvalue weighted by Crippen LogP contribution is 2.29. The molecule has 0 amide bonds. The maximum absolute atomic E-state index is 11.7. The first kappa shape index (κ1) is 13.3. The van der Waals surface area contributed by atoms with Gasteiger partial charge < -0.3 is 5.32 Å². The molecule has 0 radical (unpaired) electrons. The third-order valence-corrected chi connectivity index (χ3v) is 6.80. The molecule has 0 spiro atoms. The Kier molecular flexibility index (Phi) is 4.14. The zero-order valence-corrected chi connectivity index (χ0v) is 11.8. The van der Waals surface area contributed by atoms with Gasteiger partial charge in [-0.2, -0.15) is 0 Å². The van der Waals surface area contributed by atoms with Gasteiger partial charge in [0.25, 0.3) is 0 Å². The lowest BCUT2D eigenvalue weighted by Gasteiger charge is -2.34. The Morgan fingerprint density at radius 2 is 1.94 bits per heavy atom. The van der Waals surface area contributed by atoms with Crippen molar-refractivity contribution >= 4 is 9.84 Å². The summed E-state index contributed by atoms with van der Waals surface area (Å²) in [5.41, 5.74) is 0. The average molecular weight is 259 g/mol. The molecule has 1 heterocycles. The van der Waals surface area contributed by atoms with E-state index in [1.165, 1.54) is 19.3 Å². The molecule has 2 rings (SSSR count). The lowest BCUT2D eigenvalue weighted by atomic mass is 9.80. The minimum Gasteiger partial charge on any atom is -0.312 e. The number of hydrogen-bond acceptors (Lipinski definition) is 3. The SMILES string of the molecule is CC1CCC(C)C(NCC2CCCS2(=O)=O)C1. The molecule has 1 aliphatic heterocycles. The standard InChI is InChI=1S/C13H25NO2S/c1-10-5-6-11(2)13(8-10)14-9-12-4-3-7-17(12,15)16/h10-14H,3-9H2,1-2H3. The zero-order chi connectivity index (χ0) is 12.5. The van der Waals surface area contributed by atoms with Crippen LogP contribution >= 0.6 is 0 Å². The normalized spacial score (nSPS) is 41.5. The third kappa shape index (κ3) is 3.22. The van der Waals surface area contributed by atoms with E-state index in [9.17, 15) is 8.42 Å². The number of sulfone groups is 1. The van der Waals surface area contributed by atoms with Crippen LogP contribution in [0.25, 0.3) is 0 Å².